The molecule has 2 aliphatic rings. The summed E-state index contributed by atoms with van der Waals surface area (Å²) in [6, 6.07) is 0. The summed E-state index contributed by atoms with van der Waals surface area (Å²) in [6.45, 7) is 14.1. The van der Waals surface area contributed by atoms with Gasteiger partial charge >= 0.3 is 11.9 Å². The number of ether oxygens (including phenoxy) is 1. The molecular formula is C25H44O4. The number of carboxylic acids is 1. The monoisotopic (exact) mass is 408 g/mol. The topological polar surface area (TPSA) is 63.6 Å². The molecule has 0 aromatic carbocycles. The van der Waals surface area contributed by atoms with Gasteiger partial charge in [-0.25, -0.2) is 0 Å². The lowest BCUT2D eigenvalue weighted by molar-refractivity contribution is -0.165. The summed E-state index contributed by atoms with van der Waals surface area (Å²) >= 11 is 0. The Morgan fingerprint density at radius 3 is 2.38 bits per heavy atom. The van der Waals surface area contributed by atoms with Gasteiger partial charge in [-0.2, -0.15) is 0 Å². The summed E-state index contributed by atoms with van der Waals surface area (Å²) in [5.41, 5.74) is 0.423. The molecule has 0 aromatic heterocycles. The van der Waals surface area contributed by atoms with Crippen molar-refractivity contribution >= 4 is 11.9 Å². The van der Waals surface area contributed by atoms with Crippen LogP contribution in [0.3, 0.4) is 0 Å². The first-order valence-corrected chi connectivity index (χ1v) is 11.9. The number of unbranched alkanes of at least 4 members (excludes halogenated alkanes) is 2. The third kappa shape index (κ3) is 5.55. The van der Waals surface area contributed by atoms with Crippen molar-refractivity contribution in [2.45, 2.75) is 99.3 Å². The standard InChI is InChI=1S/C25H44O4/c1-7-8-9-13-20-24(3,4)15-14-18(25(20,5)6)16-29-23(28)19-12-10-11-17(2)21(19)22(26)27/h17-21H,7-16H2,1-6H3,(H,26,27). The zero-order valence-corrected chi connectivity index (χ0v) is 19.6. The van der Waals surface area contributed by atoms with E-state index in [1.54, 1.807) is 0 Å². The number of carbonyl (C=O) groups excluding carboxylic acids is 1. The van der Waals surface area contributed by atoms with Crippen molar-refractivity contribution in [2.75, 3.05) is 6.61 Å². The number of esters is 1. The van der Waals surface area contributed by atoms with E-state index in [4.69, 9.17) is 4.74 Å². The highest BCUT2D eigenvalue weighted by Gasteiger charge is 2.49. The Hall–Kier alpha value is -1.06. The van der Waals surface area contributed by atoms with Crippen LogP contribution in [0.25, 0.3) is 0 Å². The van der Waals surface area contributed by atoms with Crippen LogP contribution >= 0.6 is 0 Å². The molecule has 168 valence electrons. The number of carbonyl (C=O) groups is 2. The Morgan fingerprint density at radius 1 is 1.07 bits per heavy atom. The van der Waals surface area contributed by atoms with Crippen LogP contribution in [0, 0.1) is 40.4 Å². The van der Waals surface area contributed by atoms with Gasteiger partial charge in [0.15, 0.2) is 0 Å². The smallest absolute Gasteiger partial charge is 0.309 e. The quantitative estimate of drug-likeness (QED) is 0.377. The maximum atomic E-state index is 12.8. The Balaban J connectivity index is 2.03. The van der Waals surface area contributed by atoms with E-state index in [2.05, 4.69) is 34.6 Å². The fraction of sp³-hybridized carbons (Fsp3) is 0.920. The zero-order chi connectivity index (χ0) is 21.8. The van der Waals surface area contributed by atoms with E-state index in [1.807, 2.05) is 6.92 Å². The van der Waals surface area contributed by atoms with E-state index < -0.39 is 17.8 Å². The maximum Gasteiger partial charge on any atom is 0.309 e. The highest BCUT2D eigenvalue weighted by molar-refractivity contribution is 5.81. The maximum absolute atomic E-state index is 12.8. The number of aliphatic carboxylic acids is 1. The minimum atomic E-state index is -0.852. The van der Waals surface area contributed by atoms with Gasteiger partial charge in [0.25, 0.3) is 0 Å². The van der Waals surface area contributed by atoms with Gasteiger partial charge in [-0.3, -0.25) is 9.59 Å². The Morgan fingerprint density at radius 2 is 1.76 bits per heavy atom. The average Bonchev–Trinajstić information content (AvgIpc) is 2.62. The molecule has 2 saturated carbocycles. The molecule has 0 bridgehead atoms. The summed E-state index contributed by atoms with van der Waals surface area (Å²) in [6.07, 6.45) is 9.67. The highest BCUT2D eigenvalue weighted by atomic mass is 16.5. The van der Waals surface area contributed by atoms with Crippen molar-refractivity contribution in [3.05, 3.63) is 0 Å². The van der Waals surface area contributed by atoms with Crippen LogP contribution in [0.5, 0.6) is 0 Å². The van der Waals surface area contributed by atoms with E-state index in [-0.39, 0.29) is 17.3 Å². The summed E-state index contributed by atoms with van der Waals surface area (Å²) < 4.78 is 5.83. The van der Waals surface area contributed by atoms with E-state index in [1.165, 1.54) is 25.7 Å². The largest absolute Gasteiger partial charge is 0.481 e. The normalized spacial score (nSPS) is 33.8. The third-order valence-corrected chi connectivity index (χ3v) is 8.36. The summed E-state index contributed by atoms with van der Waals surface area (Å²) in [7, 11) is 0. The summed E-state index contributed by atoms with van der Waals surface area (Å²) in [5.74, 6) is -1.23. The van der Waals surface area contributed by atoms with E-state index >= 15 is 0 Å². The molecule has 2 rings (SSSR count). The fourth-order valence-corrected chi connectivity index (χ4v) is 6.43. The average molecular weight is 409 g/mol. The second kappa shape index (κ2) is 9.83. The molecule has 0 heterocycles. The molecule has 4 heteroatoms. The summed E-state index contributed by atoms with van der Waals surface area (Å²) in [4.78, 5) is 24.6. The van der Waals surface area contributed by atoms with Crippen LogP contribution in [0.15, 0.2) is 0 Å². The molecular weight excluding hydrogens is 364 g/mol. The lowest BCUT2D eigenvalue weighted by atomic mass is 9.52. The van der Waals surface area contributed by atoms with Crippen molar-refractivity contribution in [1.82, 2.24) is 0 Å². The lowest BCUT2D eigenvalue weighted by Crippen LogP contribution is -2.48. The van der Waals surface area contributed by atoms with E-state index in [0.29, 0.717) is 30.3 Å². The Labute approximate surface area is 178 Å². The predicted octanol–water partition coefficient (Wildman–Crippen LogP) is 6.33. The van der Waals surface area contributed by atoms with Crippen molar-refractivity contribution in [1.29, 1.82) is 0 Å². The molecule has 1 N–H and O–H groups in total. The molecule has 0 aromatic rings. The minimum Gasteiger partial charge on any atom is -0.481 e. The fourth-order valence-electron chi connectivity index (χ4n) is 6.43. The Bertz CT molecular complexity index is 565. The van der Waals surface area contributed by atoms with E-state index in [0.717, 1.165) is 25.7 Å². The second-order valence-corrected chi connectivity index (χ2v) is 11.1. The first kappa shape index (κ1) is 24.2. The van der Waals surface area contributed by atoms with Gasteiger partial charge in [0.05, 0.1) is 18.4 Å². The molecule has 0 aliphatic heterocycles. The van der Waals surface area contributed by atoms with Crippen LogP contribution in [-0.4, -0.2) is 23.7 Å². The third-order valence-electron chi connectivity index (χ3n) is 8.36. The number of carboxylic acid groups (broad SMARTS) is 1. The molecule has 0 spiro atoms. The SMILES string of the molecule is CCCCCC1C(C)(C)CCC(COC(=O)C2CCCC(C)C2C(=O)O)C1(C)C. The molecule has 0 saturated heterocycles. The highest BCUT2D eigenvalue weighted by Crippen LogP contribution is 2.55. The number of hydrogen-bond donors (Lipinski definition) is 1. The Kier molecular flexibility index (Phi) is 8.21. The van der Waals surface area contributed by atoms with Gasteiger partial charge in [0, 0.05) is 0 Å². The number of rotatable bonds is 8. The first-order chi connectivity index (χ1) is 13.5. The molecule has 0 amide bonds. The van der Waals surface area contributed by atoms with Crippen LogP contribution in [0.1, 0.15) is 99.3 Å². The van der Waals surface area contributed by atoms with Crippen molar-refractivity contribution in [3.8, 4) is 0 Å². The minimum absolute atomic E-state index is 0.0358. The molecule has 2 fully saturated rings. The van der Waals surface area contributed by atoms with Crippen LogP contribution < -0.4 is 0 Å². The van der Waals surface area contributed by atoms with Gasteiger partial charge in [0.1, 0.15) is 0 Å². The van der Waals surface area contributed by atoms with Crippen LogP contribution in [-0.2, 0) is 14.3 Å². The second-order valence-electron chi connectivity index (χ2n) is 11.1. The van der Waals surface area contributed by atoms with Crippen molar-refractivity contribution in [2.24, 2.45) is 40.4 Å². The van der Waals surface area contributed by atoms with Gasteiger partial charge in [-0.15, -0.1) is 0 Å². The van der Waals surface area contributed by atoms with E-state index in [9.17, 15) is 14.7 Å². The molecule has 0 radical (unpaired) electrons. The zero-order valence-electron chi connectivity index (χ0n) is 19.6. The van der Waals surface area contributed by atoms with Crippen molar-refractivity contribution < 1.29 is 19.4 Å². The number of hydrogen-bond acceptors (Lipinski definition) is 3. The van der Waals surface area contributed by atoms with Gasteiger partial charge in [-0.05, 0) is 60.7 Å². The molecule has 4 nitrogen and oxygen atoms in total. The van der Waals surface area contributed by atoms with Crippen LogP contribution in [0.2, 0.25) is 0 Å². The predicted molar refractivity (Wildman–Crippen MR) is 117 cm³/mol. The van der Waals surface area contributed by atoms with Gasteiger partial charge < -0.3 is 9.84 Å². The summed E-state index contributed by atoms with van der Waals surface area (Å²) in [5, 5.41) is 9.62. The van der Waals surface area contributed by atoms with Gasteiger partial charge in [0.2, 0.25) is 0 Å². The van der Waals surface area contributed by atoms with Crippen molar-refractivity contribution in [3.63, 3.8) is 0 Å². The molecule has 29 heavy (non-hydrogen) atoms. The molecule has 5 unspecified atom stereocenters. The lowest BCUT2D eigenvalue weighted by Gasteiger charge is -2.53. The molecule has 2 aliphatic carbocycles. The van der Waals surface area contributed by atoms with Gasteiger partial charge in [-0.1, -0.05) is 67.2 Å². The molecule has 5 atom stereocenters. The van der Waals surface area contributed by atoms with Crippen LogP contribution in [0.4, 0.5) is 0 Å². The first-order valence-electron chi connectivity index (χ1n) is 11.9.